The van der Waals surface area contributed by atoms with E-state index in [-0.39, 0.29) is 28.1 Å². The summed E-state index contributed by atoms with van der Waals surface area (Å²) in [4.78, 5) is 28.6. The second-order valence-electron chi connectivity index (χ2n) is 6.80. The minimum absolute atomic E-state index is 0.0645. The zero-order valence-electron chi connectivity index (χ0n) is 15.6. The number of piperazine rings is 1. The number of rotatable bonds is 3. The molecular formula is C21H16Cl2FN3O3. The molecule has 2 amide bonds. The largest absolute Gasteiger partial charge is 0.355 e. The Balaban J connectivity index is 1.40. The monoisotopic (exact) mass is 447 g/mol. The number of halogens is 3. The van der Waals surface area contributed by atoms with Gasteiger partial charge in [-0.1, -0.05) is 40.5 Å². The molecular weight excluding hydrogens is 432 g/mol. The molecule has 0 radical (unpaired) electrons. The fraction of sp³-hybridized carbons (Fsp3) is 0.190. The third kappa shape index (κ3) is 4.17. The van der Waals surface area contributed by atoms with Gasteiger partial charge in [0, 0.05) is 42.8 Å². The number of benzene rings is 2. The summed E-state index contributed by atoms with van der Waals surface area (Å²) >= 11 is 12.0. The van der Waals surface area contributed by atoms with Gasteiger partial charge in [-0.05, 0) is 30.3 Å². The summed E-state index contributed by atoms with van der Waals surface area (Å²) in [5.74, 6) is -0.631. The van der Waals surface area contributed by atoms with E-state index in [1.165, 1.54) is 12.1 Å². The lowest BCUT2D eigenvalue weighted by Crippen LogP contribution is -2.50. The van der Waals surface area contributed by atoms with E-state index in [0.29, 0.717) is 37.0 Å². The number of hydrogen-bond acceptors (Lipinski definition) is 4. The fourth-order valence-electron chi connectivity index (χ4n) is 3.26. The molecule has 1 aliphatic heterocycles. The van der Waals surface area contributed by atoms with Crippen LogP contribution in [0.3, 0.4) is 0 Å². The van der Waals surface area contributed by atoms with Crippen LogP contribution in [0.2, 0.25) is 10.0 Å². The maximum Gasteiger partial charge on any atom is 0.276 e. The lowest BCUT2D eigenvalue weighted by atomic mass is 10.1. The van der Waals surface area contributed by atoms with E-state index in [1.54, 1.807) is 34.1 Å². The minimum Gasteiger partial charge on any atom is -0.355 e. The van der Waals surface area contributed by atoms with Crippen molar-refractivity contribution in [1.82, 2.24) is 15.0 Å². The van der Waals surface area contributed by atoms with Crippen molar-refractivity contribution in [2.24, 2.45) is 0 Å². The van der Waals surface area contributed by atoms with Gasteiger partial charge in [0.25, 0.3) is 11.8 Å². The second kappa shape index (κ2) is 8.45. The highest BCUT2D eigenvalue weighted by Gasteiger charge is 2.28. The summed E-state index contributed by atoms with van der Waals surface area (Å²) in [5, 5.41) is 4.50. The van der Waals surface area contributed by atoms with Gasteiger partial charge in [0.2, 0.25) is 0 Å². The SMILES string of the molecule is O=C(c1cc(-c2cccc(Cl)c2)on1)N1CCN(C(=O)c2ccc(F)cc2Cl)CC1. The molecule has 4 rings (SSSR count). The Morgan fingerprint density at radius 2 is 1.63 bits per heavy atom. The molecule has 0 unspecified atom stereocenters. The number of hydrogen-bond donors (Lipinski definition) is 0. The Morgan fingerprint density at radius 1 is 0.933 bits per heavy atom. The Morgan fingerprint density at radius 3 is 2.30 bits per heavy atom. The fourth-order valence-corrected chi connectivity index (χ4v) is 3.70. The first-order chi connectivity index (χ1) is 14.4. The maximum atomic E-state index is 13.2. The van der Waals surface area contributed by atoms with E-state index in [9.17, 15) is 14.0 Å². The molecule has 3 aromatic rings. The highest BCUT2D eigenvalue weighted by atomic mass is 35.5. The van der Waals surface area contributed by atoms with Crippen LogP contribution in [0.5, 0.6) is 0 Å². The van der Waals surface area contributed by atoms with Gasteiger partial charge in [0.05, 0.1) is 10.6 Å². The molecule has 30 heavy (non-hydrogen) atoms. The van der Waals surface area contributed by atoms with Gasteiger partial charge >= 0.3 is 0 Å². The van der Waals surface area contributed by atoms with E-state index in [1.807, 2.05) is 6.07 Å². The van der Waals surface area contributed by atoms with Crippen LogP contribution in [-0.2, 0) is 0 Å². The summed E-state index contributed by atoms with van der Waals surface area (Å²) in [7, 11) is 0. The Hall–Kier alpha value is -2.90. The van der Waals surface area contributed by atoms with Crippen LogP contribution in [-0.4, -0.2) is 52.9 Å². The first-order valence-electron chi connectivity index (χ1n) is 9.18. The first kappa shape index (κ1) is 20.4. The molecule has 154 valence electrons. The van der Waals surface area contributed by atoms with Crippen LogP contribution in [0.1, 0.15) is 20.8 Å². The third-order valence-corrected chi connectivity index (χ3v) is 5.40. The summed E-state index contributed by atoms with van der Waals surface area (Å²) in [6.45, 7) is 1.33. The van der Waals surface area contributed by atoms with Gasteiger partial charge in [0.15, 0.2) is 11.5 Å². The molecule has 0 aliphatic carbocycles. The maximum absolute atomic E-state index is 13.2. The number of carbonyl (C=O) groups is 2. The van der Waals surface area contributed by atoms with Gasteiger partial charge in [-0.3, -0.25) is 9.59 Å². The molecule has 0 N–H and O–H groups in total. The van der Waals surface area contributed by atoms with Crippen molar-refractivity contribution in [2.45, 2.75) is 0 Å². The minimum atomic E-state index is -0.503. The van der Waals surface area contributed by atoms with Crippen molar-refractivity contribution in [1.29, 1.82) is 0 Å². The summed E-state index contributed by atoms with van der Waals surface area (Å²) in [6, 6.07) is 12.3. The van der Waals surface area contributed by atoms with Crippen molar-refractivity contribution in [3.63, 3.8) is 0 Å². The van der Waals surface area contributed by atoms with E-state index < -0.39 is 5.82 Å². The number of carbonyl (C=O) groups excluding carboxylic acids is 2. The second-order valence-corrected chi connectivity index (χ2v) is 7.64. The molecule has 9 heteroatoms. The predicted molar refractivity (Wildman–Crippen MR) is 110 cm³/mol. The van der Waals surface area contributed by atoms with E-state index in [2.05, 4.69) is 5.16 Å². The Kier molecular flexibility index (Phi) is 5.74. The van der Waals surface area contributed by atoms with E-state index in [4.69, 9.17) is 27.7 Å². The van der Waals surface area contributed by atoms with Crippen LogP contribution < -0.4 is 0 Å². The standard InChI is InChI=1S/C21H16Cl2FN3O3/c22-14-3-1-2-13(10-14)19-12-18(25-30-19)21(29)27-8-6-26(7-9-27)20(28)16-5-4-15(24)11-17(16)23/h1-5,10-12H,6-9H2. The molecule has 0 bridgehead atoms. The predicted octanol–water partition coefficient (Wildman–Crippen LogP) is 4.39. The number of amides is 2. The van der Waals surface area contributed by atoms with Crippen molar-refractivity contribution in [3.05, 3.63) is 75.7 Å². The normalized spacial score (nSPS) is 14.1. The van der Waals surface area contributed by atoms with E-state index >= 15 is 0 Å². The van der Waals surface area contributed by atoms with Crippen molar-refractivity contribution in [3.8, 4) is 11.3 Å². The van der Waals surface area contributed by atoms with Crippen LogP contribution in [0.25, 0.3) is 11.3 Å². The molecule has 1 aromatic heterocycles. The third-order valence-electron chi connectivity index (χ3n) is 4.85. The molecule has 0 atom stereocenters. The zero-order chi connectivity index (χ0) is 21.3. The first-order valence-corrected chi connectivity index (χ1v) is 9.94. The van der Waals surface area contributed by atoms with Crippen molar-refractivity contribution >= 4 is 35.0 Å². The average molecular weight is 448 g/mol. The van der Waals surface area contributed by atoms with Crippen LogP contribution in [0, 0.1) is 5.82 Å². The van der Waals surface area contributed by atoms with E-state index in [0.717, 1.165) is 11.6 Å². The quantitative estimate of drug-likeness (QED) is 0.597. The van der Waals surface area contributed by atoms with Crippen LogP contribution >= 0.6 is 23.2 Å². The average Bonchev–Trinajstić information content (AvgIpc) is 3.23. The van der Waals surface area contributed by atoms with Gasteiger partial charge in [-0.2, -0.15) is 0 Å². The Bertz CT molecular complexity index is 1110. The number of nitrogens with zero attached hydrogens (tertiary/aromatic N) is 3. The summed E-state index contributed by atoms with van der Waals surface area (Å²) in [6.07, 6.45) is 0. The van der Waals surface area contributed by atoms with Gasteiger partial charge in [-0.15, -0.1) is 0 Å². The molecule has 2 heterocycles. The summed E-state index contributed by atoms with van der Waals surface area (Å²) < 4.78 is 18.5. The van der Waals surface area contributed by atoms with Gasteiger partial charge < -0.3 is 14.3 Å². The lowest BCUT2D eigenvalue weighted by molar-refractivity contribution is 0.0530. The highest BCUT2D eigenvalue weighted by molar-refractivity contribution is 6.33. The summed E-state index contributed by atoms with van der Waals surface area (Å²) in [5.41, 5.74) is 1.15. The topological polar surface area (TPSA) is 66.7 Å². The molecule has 1 fully saturated rings. The van der Waals surface area contributed by atoms with Crippen LogP contribution in [0.15, 0.2) is 53.1 Å². The molecule has 6 nitrogen and oxygen atoms in total. The smallest absolute Gasteiger partial charge is 0.276 e. The molecule has 0 saturated carbocycles. The molecule has 1 saturated heterocycles. The lowest BCUT2D eigenvalue weighted by Gasteiger charge is -2.34. The Labute approximate surface area is 181 Å². The van der Waals surface area contributed by atoms with Crippen molar-refractivity contribution in [2.75, 3.05) is 26.2 Å². The van der Waals surface area contributed by atoms with Gasteiger partial charge in [0.1, 0.15) is 5.82 Å². The zero-order valence-corrected chi connectivity index (χ0v) is 17.2. The van der Waals surface area contributed by atoms with Crippen molar-refractivity contribution < 1.29 is 18.5 Å². The van der Waals surface area contributed by atoms with Gasteiger partial charge in [-0.25, -0.2) is 4.39 Å². The molecule has 2 aromatic carbocycles. The molecule has 1 aliphatic rings. The number of aromatic nitrogens is 1. The van der Waals surface area contributed by atoms with Crippen LogP contribution in [0.4, 0.5) is 4.39 Å². The highest BCUT2D eigenvalue weighted by Crippen LogP contribution is 2.24. The molecule has 0 spiro atoms.